The van der Waals surface area contributed by atoms with Gasteiger partial charge in [0.1, 0.15) is 0 Å². The lowest BCUT2D eigenvalue weighted by Crippen LogP contribution is -2.34. The minimum absolute atomic E-state index is 0.160. The van der Waals surface area contributed by atoms with Crippen LogP contribution in [-0.4, -0.2) is 43.7 Å². The summed E-state index contributed by atoms with van der Waals surface area (Å²) in [4.78, 5) is 10.8. The van der Waals surface area contributed by atoms with E-state index in [1.165, 1.54) is 6.92 Å². The van der Waals surface area contributed by atoms with E-state index in [-0.39, 0.29) is 28.0 Å². The Morgan fingerprint density at radius 1 is 1.32 bits per heavy atom. The Morgan fingerprint density at radius 3 is 2.58 bits per heavy atom. The lowest BCUT2D eigenvalue weighted by atomic mass is 10.4. The molecular formula is C9H17N5O3S2. The highest BCUT2D eigenvalue weighted by atomic mass is 32.2. The van der Waals surface area contributed by atoms with Crippen LogP contribution in [0.15, 0.2) is 4.34 Å². The summed E-state index contributed by atoms with van der Waals surface area (Å²) in [7, 11) is -3.67. The van der Waals surface area contributed by atoms with Gasteiger partial charge in [0.25, 0.3) is 10.0 Å². The Hall–Kier alpha value is -1.10. The lowest BCUT2D eigenvalue weighted by Gasteiger charge is -2.08. The van der Waals surface area contributed by atoms with Gasteiger partial charge in [0.05, 0.1) is 0 Å². The Kier molecular flexibility index (Phi) is 5.79. The van der Waals surface area contributed by atoms with Gasteiger partial charge in [0.2, 0.25) is 15.4 Å². The highest BCUT2D eigenvalue weighted by Gasteiger charge is 2.19. The molecule has 0 unspecified atom stereocenters. The van der Waals surface area contributed by atoms with E-state index in [1.54, 1.807) is 0 Å². The molecule has 0 aliphatic carbocycles. The number of carbonyl (C=O) groups excluding carboxylic acids is 1. The van der Waals surface area contributed by atoms with E-state index in [0.29, 0.717) is 6.54 Å². The van der Waals surface area contributed by atoms with Crippen LogP contribution in [-0.2, 0) is 14.8 Å². The molecule has 0 fully saturated rings. The second-order valence-electron chi connectivity index (χ2n) is 4.06. The van der Waals surface area contributed by atoms with Crippen molar-refractivity contribution in [1.82, 2.24) is 20.2 Å². The summed E-state index contributed by atoms with van der Waals surface area (Å²) in [6.45, 7) is 6.03. The molecule has 8 nitrogen and oxygen atoms in total. The molecule has 10 heteroatoms. The van der Waals surface area contributed by atoms with Crippen LogP contribution in [0.3, 0.4) is 0 Å². The zero-order chi connectivity index (χ0) is 14.5. The predicted octanol–water partition coefficient (Wildman–Crippen LogP) is -0.227. The number of aromatic nitrogens is 2. The molecule has 0 saturated heterocycles. The van der Waals surface area contributed by atoms with Gasteiger partial charge in [-0.1, -0.05) is 25.2 Å². The Morgan fingerprint density at radius 2 is 2.00 bits per heavy atom. The molecule has 0 atom stereocenters. The molecule has 0 aliphatic rings. The molecule has 108 valence electrons. The molecule has 0 aliphatic heterocycles. The third-order valence-electron chi connectivity index (χ3n) is 1.89. The summed E-state index contributed by atoms with van der Waals surface area (Å²) in [5.74, 6) is -0.325. The van der Waals surface area contributed by atoms with Gasteiger partial charge < -0.3 is 10.6 Å². The van der Waals surface area contributed by atoms with Gasteiger partial charge in [-0.25, -0.2) is 13.1 Å². The van der Waals surface area contributed by atoms with Crippen LogP contribution < -0.4 is 15.4 Å². The fraction of sp³-hybridized carbons (Fsp3) is 0.667. The van der Waals surface area contributed by atoms with Crippen LogP contribution in [0.5, 0.6) is 0 Å². The SMILES string of the molecule is CC(=O)Nc1nnc(S(=O)(=O)NCCNC(C)C)s1. The van der Waals surface area contributed by atoms with E-state index < -0.39 is 10.0 Å². The molecular weight excluding hydrogens is 290 g/mol. The second kappa shape index (κ2) is 6.89. The number of rotatable bonds is 7. The summed E-state index contributed by atoms with van der Waals surface area (Å²) < 4.78 is 25.9. The minimum atomic E-state index is -3.67. The van der Waals surface area contributed by atoms with Crippen LogP contribution in [0.25, 0.3) is 0 Å². The Balaban J connectivity index is 2.57. The van der Waals surface area contributed by atoms with Gasteiger partial charge in [-0.3, -0.25) is 4.79 Å². The van der Waals surface area contributed by atoms with Crippen LogP contribution in [0.2, 0.25) is 0 Å². The number of carbonyl (C=O) groups is 1. The van der Waals surface area contributed by atoms with Gasteiger partial charge in [0.15, 0.2) is 0 Å². The number of hydrogen-bond acceptors (Lipinski definition) is 7. The lowest BCUT2D eigenvalue weighted by molar-refractivity contribution is -0.114. The monoisotopic (exact) mass is 307 g/mol. The molecule has 0 bridgehead atoms. The topological polar surface area (TPSA) is 113 Å². The maximum Gasteiger partial charge on any atom is 0.269 e. The second-order valence-corrected chi connectivity index (χ2v) is 6.98. The quantitative estimate of drug-likeness (QED) is 0.474. The first-order valence-corrected chi connectivity index (χ1v) is 7.95. The summed E-state index contributed by atoms with van der Waals surface area (Å²) in [6.07, 6.45) is 0. The van der Waals surface area contributed by atoms with E-state index in [2.05, 4.69) is 25.6 Å². The number of anilines is 1. The van der Waals surface area contributed by atoms with Crippen molar-refractivity contribution >= 4 is 32.4 Å². The Bertz CT molecular complexity index is 526. The number of amides is 1. The summed E-state index contributed by atoms with van der Waals surface area (Å²) in [5.41, 5.74) is 0. The van der Waals surface area contributed by atoms with E-state index in [4.69, 9.17) is 0 Å². The maximum absolute atomic E-state index is 11.8. The zero-order valence-electron chi connectivity index (χ0n) is 10.9. The van der Waals surface area contributed by atoms with Gasteiger partial charge in [0, 0.05) is 26.1 Å². The molecule has 1 aromatic rings. The number of nitrogens with zero attached hydrogens (tertiary/aromatic N) is 2. The van der Waals surface area contributed by atoms with Crippen LogP contribution >= 0.6 is 11.3 Å². The minimum Gasteiger partial charge on any atom is -0.313 e. The molecule has 3 N–H and O–H groups in total. The first-order chi connectivity index (χ1) is 8.81. The van der Waals surface area contributed by atoms with E-state index in [1.807, 2.05) is 13.8 Å². The van der Waals surface area contributed by atoms with Gasteiger partial charge >= 0.3 is 0 Å². The van der Waals surface area contributed by atoms with Crippen molar-refractivity contribution in [3.8, 4) is 0 Å². The van der Waals surface area contributed by atoms with Crippen LogP contribution in [0, 0.1) is 0 Å². The van der Waals surface area contributed by atoms with Crippen molar-refractivity contribution in [2.75, 3.05) is 18.4 Å². The molecule has 0 aromatic carbocycles. The Labute approximate surface area is 116 Å². The predicted molar refractivity (Wildman–Crippen MR) is 72.5 cm³/mol. The van der Waals surface area contributed by atoms with Crippen LogP contribution in [0.1, 0.15) is 20.8 Å². The van der Waals surface area contributed by atoms with E-state index >= 15 is 0 Å². The first kappa shape index (κ1) is 16.0. The van der Waals surface area contributed by atoms with Gasteiger partial charge in [-0.2, -0.15) is 0 Å². The number of nitrogens with one attached hydrogen (secondary N) is 3. The molecule has 1 rings (SSSR count). The first-order valence-electron chi connectivity index (χ1n) is 5.65. The summed E-state index contributed by atoms with van der Waals surface area (Å²) in [6, 6.07) is 0.289. The summed E-state index contributed by atoms with van der Waals surface area (Å²) >= 11 is 0.807. The maximum atomic E-state index is 11.8. The fourth-order valence-corrected chi connectivity index (χ4v) is 3.15. The number of sulfonamides is 1. The third-order valence-corrected chi connectivity index (χ3v) is 4.56. The van der Waals surface area contributed by atoms with Crippen LogP contribution in [0.4, 0.5) is 5.13 Å². The fourth-order valence-electron chi connectivity index (χ4n) is 1.13. The van der Waals surface area contributed by atoms with Gasteiger partial charge in [-0.15, -0.1) is 10.2 Å². The molecule has 1 amide bonds. The molecule has 0 saturated carbocycles. The van der Waals surface area contributed by atoms with Crippen molar-refractivity contribution in [1.29, 1.82) is 0 Å². The van der Waals surface area contributed by atoms with Crippen molar-refractivity contribution in [2.24, 2.45) is 0 Å². The van der Waals surface area contributed by atoms with Crippen molar-refractivity contribution in [3.05, 3.63) is 0 Å². The smallest absolute Gasteiger partial charge is 0.269 e. The van der Waals surface area contributed by atoms with E-state index in [9.17, 15) is 13.2 Å². The van der Waals surface area contributed by atoms with Gasteiger partial charge in [-0.05, 0) is 0 Å². The average Bonchev–Trinajstić information content (AvgIpc) is 2.72. The standard InChI is InChI=1S/C9H17N5O3S2/c1-6(2)10-4-5-11-19(16,17)9-14-13-8(18-9)12-7(3)15/h6,10-11H,4-5H2,1-3H3,(H,12,13,15). The molecule has 0 radical (unpaired) electrons. The molecule has 1 heterocycles. The van der Waals surface area contributed by atoms with E-state index in [0.717, 1.165) is 11.3 Å². The van der Waals surface area contributed by atoms with Crippen molar-refractivity contribution in [3.63, 3.8) is 0 Å². The number of hydrogen-bond donors (Lipinski definition) is 3. The van der Waals surface area contributed by atoms with Crippen molar-refractivity contribution < 1.29 is 13.2 Å². The highest BCUT2D eigenvalue weighted by molar-refractivity contribution is 7.91. The third kappa shape index (κ3) is 5.59. The zero-order valence-corrected chi connectivity index (χ0v) is 12.6. The highest BCUT2D eigenvalue weighted by Crippen LogP contribution is 2.19. The molecule has 0 spiro atoms. The average molecular weight is 307 g/mol. The molecule has 19 heavy (non-hydrogen) atoms. The molecule has 1 aromatic heterocycles. The normalized spacial score (nSPS) is 11.8. The van der Waals surface area contributed by atoms with Crippen molar-refractivity contribution in [2.45, 2.75) is 31.2 Å². The largest absolute Gasteiger partial charge is 0.313 e. The summed E-state index contributed by atoms with van der Waals surface area (Å²) in [5, 5.41) is 12.7.